The molecule has 0 unspecified atom stereocenters. The van der Waals surface area contributed by atoms with E-state index in [0.29, 0.717) is 10.0 Å². The van der Waals surface area contributed by atoms with Crippen molar-refractivity contribution >= 4 is 34.6 Å². The largest absolute Gasteiger partial charge is 0.497 e. The van der Waals surface area contributed by atoms with Crippen LogP contribution in [0.3, 0.4) is 0 Å². The molecule has 3 aromatic rings. The Labute approximate surface area is 180 Å². The van der Waals surface area contributed by atoms with Gasteiger partial charge in [-0.05, 0) is 65.7 Å². The number of methoxy groups -OCH3 is 2. The van der Waals surface area contributed by atoms with Gasteiger partial charge in [0.15, 0.2) is 0 Å². The normalized spacial score (nSPS) is 15.9. The predicted octanol–water partition coefficient (Wildman–Crippen LogP) is 6.37. The van der Waals surface area contributed by atoms with Gasteiger partial charge in [0, 0.05) is 6.42 Å². The van der Waals surface area contributed by atoms with E-state index in [1.165, 1.54) is 0 Å². The summed E-state index contributed by atoms with van der Waals surface area (Å²) in [6.07, 6.45) is 0.763. The van der Waals surface area contributed by atoms with E-state index >= 15 is 0 Å². The molecule has 1 heterocycles. The molecule has 4 rings (SSSR count). The quantitative estimate of drug-likeness (QED) is 0.475. The molecule has 0 N–H and O–H groups in total. The van der Waals surface area contributed by atoms with Crippen LogP contribution in [0.4, 0.5) is 5.69 Å². The van der Waals surface area contributed by atoms with Gasteiger partial charge in [0.1, 0.15) is 11.5 Å². The summed E-state index contributed by atoms with van der Waals surface area (Å²) in [5, 5.41) is 7.96. The Morgan fingerprint density at radius 3 is 2.03 bits per heavy atom. The van der Waals surface area contributed by atoms with Crippen LogP contribution in [0.15, 0.2) is 71.8 Å². The number of halogens is 2. The number of anilines is 1. The topological polar surface area (TPSA) is 34.1 Å². The molecule has 0 aliphatic carbocycles. The summed E-state index contributed by atoms with van der Waals surface area (Å²) in [4.78, 5) is 0. The monoisotopic (exact) mass is 426 g/mol. The molecule has 148 valence electrons. The molecule has 1 atom stereocenters. The Hall–Kier alpha value is -2.69. The van der Waals surface area contributed by atoms with Gasteiger partial charge in [-0.25, -0.2) is 0 Å². The molecule has 0 aromatic heterocycles. The minimum Gasteiger partial charge on any atom is -0.497 e. The summed E-state index contributed by atoms with van der Waals surface area (Å²) >= 11 is 12.4. The minimum absolute atomic E-state index is 0.0373. The molecule has 1 aliphatic heterocycles. The Balaban J connectivity index is 1.73. The van der Waals surface area contributed by atoms with Crippen LogP contribution in [0.25, 0.3) is 0 Å². The van der Waals surface area contributed by atoms with Crippen molar-refractivity contribution in [3.8, 4) is 11.5 Å². The first-order chi connectivity index (χ1) is 14.1. The number of hydrogen-bond donors (Lipinski definition) is 0. The number of hydrazone groups is 1. The lowest BCUT2D eigenvalue weighted by Gasteiger charge is -2.24. The van der Waals surface area contributed by atoms with Gasteiger partial charge in [0.25, 0.3) is 0 Å². The molecular formula is C23H20Cl2N2O2. The second kappa shape index (κ2) is 8.36. The molecule has 0 bridgehead atoms. The van der Waals surface area contributed by atoms with E-state index in [-0.39, 0.29) is 6.04 Å². The average Bonchev–Trinajstić information content (AvgIpc) is 3.21. The van der Waals surface area contributed by atoms with E-state index in [0.717, 1.165) is 40.4 Å². The van der Waals surface area contributed by atoms with Crippen molar-refractivity contribution in [1.29, 1.82) is 0 Å². The summed E-state index contributed by atoms with van der Waals surface area (Å²) in [6.45, 7) is 0. The predicted molar refractivity (Wildman–Crippen MR) is 119 cm³/mol. The summed E-state index contributed by atoms with van der Waals surface area (Å²) in [5.41, 5.74) is 4.10. The van der Waals surface area contributed by atoms with Crippen molar-refractivity contribution in [2.45, 2.75) is 12.5 Å². The zero-order valence-electron chi connectivity index (χ0n) is 16.1. The Bertz CT molecular complexity index is 1030. The van der Waals surface area contributed by atoms with Gasteiger partial charge in [0.05, 0.1) is 41.7 Å². The zero-order chi connectivity index (χ0) is 20.4. The van der Waals surface area contributed by atoms with Crippen molar-refractivity contribution in [3.63, 3.8) is 0 Å². The Kier molecular flexibility index (Phi) is 5.65. The first-order valence-corrected chi connectivity index (χ1v) is 9.95. The van der Waals surface area contributed by atoms with Crippen molar-refractivity contribution in [3.05, 3.63) is 87.9 Å². The minimum atomic E-state index is 0.0373. The van der Waals surface area contributed by atoms with Gasteiger partial charge in [-0.1, -0.05) is 35.3 Å². The molecule has 4 nitrogen and oxygen atoms in total. The molecule has 6 heteroatoms. The molecule has 1 aliphatic rings. The van der Waals surface area contributed by atoms with Crippen LogP contribution in [0.5, 0.6) is 11.5 Å². The van der Waals surface area contributed by atoms with E-state index in [2.05, 4.69) is 12.1 Å². The fraction of sp³-hybridized carbons (Fsp3) is 0.174. The zero-order valence-corrected chi connectivity index (χ0v) is 17.6. The van der Waals surface area contributed by atoms with Gasteiger partial charge in [0.2, 0.25) is 0 Å². The van der Waals surface area contributed by atoms with Crippen LogP contribution in [0.1, 0.15) is 23.6 Å². The maximum atomic E-state index is 6.27. The van der Waals surface area contributed by atoms with Crippen molar-refractivity contribution in [1.82, 2.24) is 0 Å². The molecule has 3 aromatic carbocycles. The van der Waals surface area contributed by atoms with Gasteiger partial charge in [-0.2, -0.15) is 5.10 Å². The lowest BCUT2D eigenvalue weighted by atomic mass is 9.98. The van der Waals surface area contributed by atoms with E-state index in [9.17, 15) is 0 Å². The smallest absolute Gasteiger partial charge is 0.118 e. The summed E-state index contributed by atoms with van der Waals surface area (Å²) in [5.74, 6) is 1.64. The molecule has 0 spiro atoms. The van der Waals surface area contributed by atoms with Crippen molar-refractivity contribution < 1.29 is 9.47 Å². The van der Waals surface area contributed by atoms with E-state index in [1.54, 1.807) is 20.3 Å². The number of nitrogens with zero attached hydrogens (tertiary/aromatic N) is 2. The van der Waals surface area contributed by atoms with Crippen molar-refractivity contribution in [2.75, 3.05) is 19.2 Å². The maximum absolute atomic E-state index is 6.27. The van der Waals surface area contributed by atoms with Gasteiger partial charge in [-0.15, -0.1) is 0 Å². The molecule has 0 saturated carbocycles. The molecule has 0 saturated heterocycles. The lowest BCUT2D eigenvalue weighted by Crippen LogP contribution is -2.18. The van der Waals surface area contributed by atoms with Crippen LogP contribution in [0, 0.1) is 0 Å². The molecule has 29 heavy (non-hydrogen) atoms. The fourth-order valence-corrected chi connectivity index (χ4v) is 3.71. The van der Waals surface area contributed by atoms with Crippen LogP contribution >= 0.6 is 23.2 Å². The molecule has 0 amide bonds. The highest BCUT2D eigenvalue weighted by Gasteiger charge is 2.30. The molecular weight excluding hydrogens is 407 g/mol. The van der Waals surface area contributed by atoms with E-state index in [4.69, 9.17) is 37.8 Å². The lowest BCUT2D eigenvalue weighted by molar-refractivity contribution is 0.414. The second-order valence-corrected chi connectivity index (χ2v) is 7.53. The summed E-state index contributed by atoms with van der Waals surface area (Å²) in [6, 6.07) is 21.6. The third-order valence-electron chi connectivity index (χ3n) is 5.00. The SMILES string of the molecule is COc1ccc(C2=NN(c3ccc(Cl)c(Cl)c3)[C@H](c3ccc(OC)cc3)C2)cc1. The fourth-order valence-electron chi connectivity index (χ4n) is 3.42. The third-order valence-corrected chi connectivity index (χ3v) is 5.74. The Morgan fingerprint density at radius 2 is 1.45 bits per heavy atom. The average molecular weight is 427 g/mol. The standard InChI is InChI=1S/C23H20Cl2N2O2/c1-28-18-8-3-15(4-9-18)22-14-23(16-5-10-19(29-2)11-6-16)27(26-22)17-7-12-20(24)21(25)13-17/h3-13,23H,14H2,1-2H3/t23-/m0/s1. The molecule has 0 fully saturated rings. The van der Waals surface area contributed by atoms with Crippen LogP contribution in [-0.4, -0.2) is 19.9 Å². The maximum Gasteiger partial charge on any atom is 0.118 e. The molecule has 0 radical (unpaired) electrons. The van der Waals surface area contributed by atoms with Crippen LogP contribution in [-0.2, 0) is 0 Å². The number of benzene rings is 3. The summed E-state index contributed by atoms with van der Waals surface area (Å²) in [7, 11) is 3.32. The number of hydrogen-bond acceptors (Lipinski definition) is 4. The van der Waals surface area contributed by atoms with E-state index in [1.807, 2.05) is 53.5 Å². The van der Waals surface area contributed by atoms with Gasteiger partial charge in [-0.3, -0.25) is 5.01 Å². The van der Waals surface area contributed by atoms with Crippen LogP contribution in [0.2, 0.25) is 10.0 Å². The van der Waals surface area contributed by atoms with Gasteiger partial charge < -0.3 is 9.47 Å². The van der Waals surface area contributed by atoms with Crippen LogP contribution < -0.4 is 14.5 Å². The Morgan fingerprint density at radius 1 is 0.828 bits per heavy atom. The number of ether oxygens (including phenoxy) is 2. The highest BCUT2D eigenvalue weighted by Crippen LogP contribution is 2.39. The number of rotatable bonds is 5. The highest BCUT2D eigenvalue weighted by atomic mass is 35.5. The summed E-state index contributed by atoms with van der Waals surface area (Å²) < 4.78 is 10.6. The second-order valence-electron chi connectivity index (χ2n) is 6.71. The third kappa shape index (κ3) is 4.04. The first kappa shape index (κ1) is 19.6. The highest BCUT2D eigenvalue weighted by molar-refractivity contribution is 6.42. The van der Waals surface area contributed by atoms with Crippen molar-refractivity contribution in [2.24, 2.45) is 5.10 Å². The van der Waals surface area contributed by atoms with E-state index < -0.39 is 0 Å². The first-order valence-electron chi connectivity index (χ1n) is 9.19. The van der Waals surface area contributed by atoms with Gasteiger partial charge >= 0.3 is 0 Å².